The zero-order chi connectivity index (χ0) is 13.8. The van der Waals surface area contributed by atoms with E-state index < -0.39 is 6.04 Å². The maximum Gasteiger partial charge on any atom is 0.244 e. The van der Waals surface area contributed by atoms with Gasteiger partial charge in [-0.05, 0) is 18.4 Å². The summed E-state index contributed by atoms with van der Waals surface area (Å²) in [5.41, 5.74) is 6.66. The van der Waals surface area contributed by atoms with Gasteiger partial charge in [-0.1, -0.05) is 30.3 Å². The van der Waals surface area contributed by atoms with Crippen molar-refractivity contribution >= 4 is 11.8 Å². The molecule has 0 unspecified atom stereocenters. The highest BCUT2D eigenvalue weighted by Gasteiger charge is 2.25. The van der Waals surface area contributed by atoms with Gasteiger partial charge in [-0.3, -0.25) is 9.59 Å². The van der Waals surface area contributed by atoms with Crippen LogP contribution in [0, 0.1) is 0 Å². The smallest absolute Gasteiger partial charge is 0.244 e. The van der Waals surface area contributed by atoms with Gasteiger partial charge in [0.1, 0.15) is 6.04 Å². The maximum atomic E-state index is 12.1. The molecule has 1 saturated carbocycles. The second-order valence-electron chi connectivity index (χ2n) is 4.92. The second kappa shape index (κ2) is 5.84. The van der Waals surface area contributed by atoms with E-state index >= 15 is 0 Å². The van der Waals surface area contributed by atoms with Gasteiger partial charge < -0.3 is 16.0 Å². The third-order valence-corrected chi connectivity index (χ3v) is 3.12. The summed E-state index contributed by atoms with van der Waals surface area (Å²) in [5, 5.41) is 2.84. The van der Waals surface area contributed by atoms with E-state index in [9.17, 15) is 9.59 Å². The topological polar surface area (TPSA) is 75.4 Å². The van der Waals surface area contributed by atoms with Crippen molar-refractivity contribution in [2.75, 3.05) is 13.6 Å². The standard InChI is InChI=1S/C14H19N3O2/c1-17(9-12(18)16-11-7-8-11)14(19)13(15)10-5-3-2-4-6-10/h2-6,11,13H,7-9,15H2,1H3,(H,16,18)/t13-/m0/s1. The van der Waals surface area contributed by atoms with Gasteiger partial charge in [0, 0.05) is 13.1 Å². The molecule has 2 amide bonds. The van der Waals surface area contributed by atoms with Crippen molar-refractivity contribution in [1.29, 1.82) is 0 Å². The molecular weight excluding hydrogens is 242 g/mol. The van der Waals surface area contributed by atoms with Gasteiger partial charge in [-0.15, -0.1) is 0 Å². The number of carbonyl (C=O) groups excluding carboxylic acids is 2. The molecule has 1 aliphatic carbocycles. The van der Waals surface area contributed by atoms with Crippen LogP contribution in [0.1, 0.15) is 24.4 Å². The average Bonchev–Trinajstić information content (AvgIpc) is 3.21. The lowest BCUT2D eigenvalue weighted by Gasteiger charge is -2.21. The zero-order valence-electron chi connectivity index (χ0n) is 11.0. The number of likely N-dealkylation sites (N-methyl/N-ethyl adjacent to an activating group) is 1. The molecule has 5 heteroatoms. The number of rotatable bonds is 5. The molecule has 1 aliphatic rings. The van der Waals surface area contributed by atoms with Crippen molar-refractivity contribution in [3.8, 4) is 0 Å². The molecule has 0 heterocycles. The molecule has 0 aliphatic heterocycles. The first-order valence-corrected chi connectivity index (χ1v) is 6.43. The Morgan fingerprint density at radius 2 is 2.00 bits per heavy atom. The fourth-order valence-corrected chi connectivity index (χ4v) is 1.83. The van der Waals surface area contributed by atoms with Gasteiger partial charge in [-0.2, -0.15) is 0 Å². The molecule has 0 spiro atoms. The number of nitrogens with one attached hydrogen (secondary N) is 1. The van der Waals surface area contributed by atoms with Crippen LogP contribution < -0.4 is 11.1 Å². The van der Waals surface area contributed by atoms with Gasteiger partial charge in [0.05, 0.1) is 6.54 Å². The number of carbonyl (C=O) groups is 2. The van der Waals surface area contributed by atoms with E-state index in [2.05, 4.69) is 5.32 Å². The highest BCUT2D eigenvalue weighted by molar-refractivity contribution is 5.88. The van der Waals surface area contributed by atoms with Crippen LogP contribution in [-0.4, -0.2) is 36.3 Å². The van der Waals surface area contributed by atoms with Crippen molar-refractivity contribution in [3.63, 3.8) is 0 Å². The molecule has 1 aromatic carbocycles. The van der Waals surface area contributed by atoms with Gasteiger partial charge in [0.25, 0.3) is 0 Å². The third-order valence-electron chi connectivity index (χ3n) is 3.12. The van der Waals surface area contributed by atoms with Crippen LogP contribution in [0.25, 0.3) is 0 Å². The van der Waals surface area contributed by atoms with Crippen LogP contribution in [0.5, 0.6) is 0 Å². The quantitative estimate of drug-likeness (QED) is 0.806. The Morgan fingerprint density at radius 1 is 1.37 bits per heavy atom. The minimum absolute atomic E-state index is 0.0515. The summed E-state index contributed by atoms with van der Waals surface area (Å²) in [4.78, 5) is 25.1. The molecular formula is C14H19N3O2. The molecule has 0 radical (unpaired) electrons. The van der Waals surface area contributed by atoms with E-state index in [1.54, 1.807) is 19.2 Å². The average molecular weight is 261 g/mol. The van der Waals surface area contributed by atoms with Crippen LogP contribution in [0.15, 0.2) is 30.3 Å². The Kier molecular flexibility index (Phi) is 4.16. The molecule has 1 fully saturated rings. The summed E-state index contributed by atoms with van der Waals surface area (Å²) in [6, 6.07) is 8.73. The first-order chi connectivity index (χ1) is 9.08. The number of benzene rings is 1. The van der Waals surface area contributed by atoms with Crippen molar-refractivity contribution in [2.24, 2.45) is 5.73 Å². The molecule has 3 N–H and O–H groups in total. The molecule has 0 saturated heterocycles. The van der Waals surface area contributed by atoms with Crippen LogP contribution >= 0.6 is 0 Å². The summed E-state index contributed by atoms with van der Waals surface area (Å²) < 4.78 is 0. The Labute approximate surface area is 112 Å². The van der Waals surface area contributed by atoms with E-state index in [1.807, 2.05) is 18.2 Å². The first-order valence-electron chi connectivity index (χ1n) is 6.43. The Hall–Kier alpha value is -1.88. The maximum absolute atomic E-state index is 12.1. The predicted octanol–water partition coefficient (Wildman–Crippen LogP) is 0.423. The van der Waals surface area contributed by atoms with Crippen LogP contribution in [-0.2, 0) is 9.59 Å². The van der Waals surface area contributed by atoms with Crippen molar-refractivity contribution in [1.82, 2.24) is 10.2 Å². The minimum atomic E-state index is -0.722. The van der Waals surface area contributed by atoms with Crippen molar-refractivity contribution in [3.05, 3.63) is 35.9 Å². The fraction of sp³-hybridized carbons (Fsp3) is 0.429. The Morgan fingerprint density at radius 3 is 2.58 bits per heavy atom. The van der Waals surface area contributed by atoms with Crippen LogP contribution in [0.2, 0.25) is 0 Å². The largest absolute Gasteiger partial charge is 0.352 e. The SMILES string of the molecule is CN(CC(=O)NC1CC1)C(=O)[C@@H](N)c1ccccc1. The van der Waals surface area contributed by atoms with Crippen molar-refractivity contribution < 1.29 is 9.59 Å². The Bertz CT molecular complexity index is 457. The lowest BCUT2D eigenvalue weighted by Crippen LogP contribution is -2.42. The summed E-state index contributed by atoms with van der Waals surface area (Å²) >= 11 is 0. The summed E-state index contributed by atoms with van der Waals surface area (Å²) in [5.74, 6) is -0.379. The molecule has 0 bridgehead atoms. The van der Waals surface area contributed by atoms with Gasteiger partial charge in [-0.25, -0.2) is 0 Å². The lowest BCUT2D eigenvalue weighted by molar-refractivity contribution is -0.135. The minimum Gasteiger partial charge on any atom is -0.352 e. The molecule has 102 valence electrons. The number of amides is 2. The number of hydrogen-bond donors (Lipinski definition) is 2. The first kappa shape index (κ1) is 13.5. The highest BCUT2D eigenvalue weighted by atomic mass is 16.2. The van der Waals surface area contributed by atoms with E-state index in [4.69, 9.17) is 5.73 Å². The third kappa shape index (κ3) is 3.79. The normalized spacial score (nSPS) is 15.7. The second-order valence-corrected chi connectivity index (χ2v) is 4.92. The van der Waals surface area contributed by atoms with Crippen molar-refractivity contribution in [2.45, 2.75) is 24.9 Å². The number of hydrogen-bond acceptors (Lipinski definition) is 3. The molecule has 5 nitrogen and oxygen atoms in total. The molecule has 2 rings (SSSR count). The summed E-state index contributed by atoms with van der Waals surface area (Å²) in [6.07, 6.45) is 2.07. The fourth-order valence-electron chi connectivity index (χ4n) is 1.83. The van der Waals surface area contributed by atoms with Gasteiger partial charge >= 0.3 is 0 Å². The van der Waals surface area contributed by atoms with Gasteiger partial charge in [0.15, 0.2) is 0 Å². The molecule has 1 atom stereocenters. The van der Waals surface area contributed by atoms with E-state index in [-0.39, 0.29) is 18.4 Å². The lowest BCUT2D eigenvalue weighted by atomic mass is 10.1. The van der Waals surface area contributed by atoms with E-state index in [0.717, 1.165) is 18.4 Å². The van der Waals surface area contributed by atoms with Gasteiger partial charge in [0.2, 0.25) is 11.8 Å². The number of nitrogens with zero attached hydrogens (tertiary/aromatic N) is 1. The van der Waals surface area contributed by atoms with Crippen LogP contribution in [0.3, 0.4) is 0 Å². The highest BCUT2D eigenvalue weighted by Crippen LogP contribution is 2.18. The van der Waals surface area contributed by atoms with Crippen LogP contribution in [0.4, 0.5) is 0 Å². The number of nitrogens with two attached hydrogens (primary N) is 1. The summed E-state index contributed by atoms with van der Waals surface area (Å²) in [6.45, 7) is 0.0515. The molecule has 1 aromatic rings. The Balaban J connectivity index is 1.88. The monoisotopic (exact) mass is 261 g/mol. The van der Waals surface area contributed by atoms with E-state index in [0.29, 0.717) is 6.04 Å². The molecule has 19 heavy (non-hydrogen) atoms. The predicted molar refractivity (Wildman–Crippen MR) is 72.2 cm³/mol. The van der Waals surface area contributed by atoms with E-state index in [1.165, 1.54) is 4.90 Å². The molecule has 0 aromatic heterocycles. The summed E-state index contributed by atoms with van der Waals surface area (Å²) in [7, 11) is 1.59. The zero-order valence-corrected chi connectivity index (χ0v) is 11.0.